The number of anilines is 1. The monoisotopic (exact) mass is 484 g/mol. The predicted octanol–water partition coefficient (Wildman–Crippen LogP) is 5.62. The molecule has 0 aliphatic carbocycles. The summed E-state index contributed by atoms with van der Waals surface area (Å²) < 4.78 is 20.9. The molecule has 0 radical (unpaired) electrons. The van der Waals surface area contributed by atoms with Crippen molar-refractivity contribution in [1.29, 1.82) is 0 Å². The van der Waals surface area contributed by atoms with Gasteiger partial charge in [-0.1, -0.05) is 27.3 Å². The SMILES string of the molecule is COc1c(Br)cc(Br)cc1C=CC(=O)Nc1nc2ccc(F)cc2s1. The zero-order valence-electron chi connectivity index (χ0n) is 12.8. The van der Waals surface area contributed by atoms with Crippen molar-refractivity contribution in [3.05, 3.63) is 56.7 Å². The van der Waals surface area contributed by atoms with Crippen molar-refractivity contribution in [3.63, 3.8) is 0 Å². The number of carbonyl (C=O) groups is 1. The molecule has 0 atom stereocenters. The molecule has 3 rings (SSSR count). The summed E-state index contributed by atoms with van der Waals surface area (Å²) >= 11 is 8.04. The molecule has 0 bridgehead atoms. The Balaban J connectivity index is 1.78. The molecule has 0 aliphatic heterocycles. The number of nitrogens with zero attached hydrogens (tertiary/aromatic N) is 1. The van der Waals surface area contributed by atoms with Crippen LogP contribution in [-0.2, 0) is 4.79 Å². The first-order chi connectivity index (χ1) is 12.0. The Kier molecular flexibility index (Phi) is 5.51. The van der Waals surface area contributed by atoms with E-state index in [1.807, 2.05) is 12.1 Å². The minimum atomic E-state index is -0.335. The number of rotatable bonds is 4. The van der Waals surface area contributed by atoms with Crippen molar-refractivity contribution in [2.45, 2.75) is 0 Å². The van der Waals surface area contributed by atoms with E-state index in [9.17, 15) is 9.18 Å². The molecule has 4 nitrogen and oxygen atoms in total. The van der Waals surface area contributed by atoms with Crippen molar-refractivity contribution < 1.29 is 13.9 Å². The summed E-state index contributed by atoms with van der Waals surface area (Å²) in [6.07, 6.45) is 3.04. The summed E-state index contributed by atoms with van der Waals surface area (Å²) in [6, 6.07) is 8.01. The molecule has 2 aromatic carbocycles. The molecule has 0 fully saturated rings. The molecule has 0 unspecified atom stereocenters. The van der Waals surface area contributed by atoms with Crippen LogP contribution in [0.4, 0.5) is 9.52 Å². The second-order valence-electron chi connectivity index (χ2n) is 4.96. The highest BCUT2D eigenvalue weighted by Gasteiger charge is 2.09. The van der Waals surface area contributed by atoms with Gasteiger partial charge in [0.15, 0.2) is 5.13 Å². The van der Waals surface area contributed by atoms with Crippen molar-refractivity contribution in [2.24, 2.45) is 0 Å². The maximum Gasteiger partial charge on any atom is 0.250 e. The quantitative estimate of drug-likeness (QED) is 0.488. The maximum atomic E-state index is 13.2. The first-order valence-electron chi connectivity index (χ1n) is 7.04. The number of nitrogens with one attached hydrogen (secondary N) is 1. The molecule has 1 heterocycles. The van der Waals surface area contributed by atoms with Gasteiger partial charge in [-0.25, -0.2) is 9.37 Å². The van der Waals surface area contributed by atoms with Crippen LogP contribution in [-0.4, -0.2) is 18.0 Å². The molecule has 3 aromatic rings. The topological polar surface area (TPSA) is 51.2 Å². The zero-order chi connectivity index (χ0) is 18.0. The Morgan fingerprint density at radius 2 is 2.12 bits per heavy atom. The third-order valence-electron chi connectivity index (χ3n) is 3.24. The predicted molar refractivity (Wildman–Crippen MR) is 106 cm³/mol. The number of methoxy groups -OCH3 is 1. The van der Waals surface area contributed by atoms with Crippen molar-refractivity contribution in [1.82, 2.24) is 4.98 Å². The van der Waals surface area contributed by atoms with Crippen LogP contribution in [0.1, 0.15) is 5.56 Å². The Morgan fingerprint density at radius 3 is 2.88 bits per heavy atom. The van der Waals surface area contributed by atoms with Gasteiger partial charge in [-0.2, -0.15) is 0 Å². The van der Waals surface area contributed by atoms with Crippen LogP contribution in [0.2, 0.25) is 0 Å². The van der Waals surface area contributed by atoms with Crippen LogP contribution in [0, 0.1) is 5.82 Å². The Morgan fingerprint density at radius 1 is 1.32 bits per heavy atom. The van der Waals surface area contributed by atoms with E-state index in [4.69, 9.17) is 4.74 Å². The standard InChI is InChI=1S/C17H11Br2FN2O2S/c1-24-16-9(6-10(18)7-12(16)19)2-5-15(23)22-17-21-13-4-3-11(20)8-14(13)25-17/h2-8H,1H3,(H,21,22,23). The van der Waals surface area contributed by atoms with Gasteiger partial charge in [0.25, 0.3) is 0 Å². The van der Waals surface area contributed by atoms with Gasteiger partial charge in [0, 0.05) is 16.1 Å². The van der Waals surface area contributed by atoms with Gasteiger partial charge in [-0.15, -0.1) is 0 Å². The number of aromatic nitrogens is 1. The maximum absolute atomic E-state index is 13.2. The number of benzene rings is 2. The first kappa shape index (κ1) is 18.0. The van der Waals surface area contributed by atoms with E-state index in [1.54, 1.807) is 19.3 Å². The molecule has 128 valence electrons. The largest absolute Gasteiger partial charge is 0.495 e. The number of carbonyl (C=O) groups excluding carboxylic acids is 1. The lowest BCUT2D eigenvalue weighted by atomic mass is 10.2. The Labute approximate surface area is 164 Å². The number of hydrogen-bond acceptors (Lipinski definition) is 4. The molecule has 0 aliphatic rings. The number of hydrogen-bond donors (Lipinski definition) is 1. The minimum Gasteiger partial charge on any atom is -0.495 e. The average molecular weight is 486 g/mol. The van der Waals surface area contributed by atoms with E-state index in [0.29, 0.717) is 21.1 Å². The van der Waals surface area contributed by atoms with E-state index < -0.39 is 0 Å². The Hall–Kier alpha value is -1.77. The molecule has 8 heteroatoms. The third-order valence-corrected chi connectivity index (χ3v) is 5.22. The van der Waals surface area contributed by atoms with Gasteiger partial charge in [-0.05, 0) is 52.3 Å². The van der Waals surface area contributed by atoms with E-state index in [1.165, 1.54) is 29.5 Å². The average Bonchev–Trinajstić information content (AvgIpc) is 2.93. The lowest BCUT2D eigenvalue weighted by Crippen LogP contribution is -2.07. The fourth-order valence-corrected chi connectivity index (χ4v) is 4.50. The van der Waals surface area contributed by atoms with E-state index in [0.717, 1.165) is 14.5 Å². The van der Waals surface area contributed by atoms with E-state index >= 15 is 0 Å². The summed E-state index contributed by atoms with van der Waals surface area (Å²) in [5, 5.41) is 3.10. The van der Waals surface area contributed by atoms with Crippen molar-refractivity contribution >= 4 is 70.5 Å². The summed E-state index contributed by atoms with van der Waals surface area (Å²) in [5.41, 5.74) is 1.38. The molecular formula is C17H11Br2FN2O2S. The molecule has 25 heavy (non-hydrogen) atoms. The summed E-state index contributed by atoms with van der Waals surface area (Å²) in [7, 11) is 1.56. The smallest absolute Gasteiger partial charge is 0.250 e. The summed E-state index contributed by atoms with van der Waals surface area (Å²) in [4.78, 5) is 16.4. The molecule has 1 N–H and O–H groups in total. The van der Waals surface area contributed by atoms with Crippen LogP contribution in [0.3, 0.4) is 0 Å². The second kappa shape index (κ2) is 7.63. The molecule has 0 spiro atoms. The minimum absolute atomic E-state index is 0.332. The Bertz CT molecular complexity index is 988. The fraction of sp³-hybridized carbons (Fsp3) is 0.0588. The van der Waals surface area contributed by atoms with E-state index in [2.05, 4.69) is 42.2 Å². The highest BCUT2D eigenvalue weighted by molar-refractivity contribution is 9.11. The van der Waals surface area contributed by atoms with Crippen molar-refractivity contribution in [2.75, 3.05) is 12.4 Å². The fourth-order valence-electron chi connectivity index (χ4n) is 2.18. The molecule has 0 saturated heterocycles. The number of fused-ring (bicyclic) bond motifs is 1. The second-order valence-corrected chi connectivity index (χ2v) is 7.76. The number of thiazole rings is 1. The number of ether oxygens (including phenoxy) is 1. The summed E-state index contributed by atoms with van der Waals surface area (Å²) in [5.74, 6) is -0.0401. The lowest BCUT2D eigenvalue weighted by Gasteiger charge is -2.08. The van der Waals surface area contributed by atoms with Crippen LogP contribution in [0.25, 0.3) is 16.3 Å². The zero-order valence-corrected chi connectivity index (χ0v) is 16.8. The van der Waals surface area contributed by atoms with Crippen LogP contribution in [0.15, 0.2) is 45.4 Å². The number of halogens is 3. The van der Waals surface area contributed by atoms with Gasteiger partial charge in [0.2, 0.25) is 5.91 Å². The number of amides is 1. The highest BCUT2D eigenvalue weighted by atomic mass is 79.9. The summed E-state index contributed by atoms with van der Waals surface area (Å²) in [6.45, 7) is 0. The van der Waals surface area contributed by atoms with Crippen LogP contribution >= 0.6 is 43.2 Å². The third kappa shape index (κ3) is 4.26. The van der Waals surface area contributed by atoms with Gasteiger partial charge in [0.1, 0.15) is 11.6 Å². The molecule has 1 aromatic heterocycles. The lowest BCUT2D eigenvalue weighted by molar-refractivity contribution is -0.111. The van der Waals surface area contributed by atoms with E-state index in [-0.39, 0.29) is 11.7 Å². The molecular weight excluding hydrogens is 475 g/mol. The normalized spacial score (nSPS) is 11.2. The van der Waals surface area contributed by atoms with Crippen molar-refractivity contribution in [3.8, 4) is 5.75 Å². The first-order valence-corrected chi connectivity index (χ1v) is 9.44. The highest BCUT2D eigenvalue weighted by Crippen LogP contribution is 2.33. The van der Waals surface area contributed by atoms with Gasteiger partial charge < -0.3 is 4.74 Å². The van der Waals surface area contributed by atoms with Crippen LogP contribution in [0.5, 0.6) is 5.75 Å². The van der Waals surface area contributed by atoms with Gasteiger partial charge in [0.05, 0.1) is 21.8 Å². The van der Waals surface area contributed by atoms with Gasteiger partial charge >= 0.3 is 0 Å². The van der Waals surface area contributed by atoms with Crippen LogP contribution < -0.4 is 10.1 Å². The molecule has 0 saturated carbocycles. The van der Waals surface area contributed by atoms with Gasteiger partial charge in [-0.3, -0.25) is 10.1 Å². The molecule has 1 amide bonds.